The fraction of sp³-hybridized carbons (Fsp3) is 0.720. The average molecular weight is 541 g/mol. The molecule has 2 atom stereocenters. The van der Waals surface area contributed by atoms with Gasteiger partial charge in [-0.25, -0.2) is 0 Å². The van der Waals surface area contributed by atoms with Crippen molar-refractivity contribution in [3.8, 4) is 0 Å². The third-order valence-electron chi connectivity index (χ3n) is 7.77. The van der Waals surface area contributed by atoms with Crippen molar-refractivity contribution in [1.29, 1.82) is 0 Å². The van der Waals surface area contributed by atoms with Crippen LogP contribution in [0, 0.1) is 5.92 Å². The van der Waals surface area contributed by atoms with E-state index in [1.165, 1.54) is 44.3 Å². The second-order valence-electron chi connectivity index (χ2n) is 9.35. The van der Waals surface area contributed by atoms with Crippen LogP contribution in [0.5, 0.6) is 0 Å². The van der Waals surface area contributed by atoms with Crippen molar-refractivity contribution >= 4 is 29.9 Å². The molecule has 0 aliphatic carbocycles. The highest BCUT2D eigenvalue weighted by Crippen LogP contribution is 2.35. The zero-order chi connectivity index (χ0) is 20.8. The van der Waals surface area contributed by atoms with E-state index in [1.54, 1.807) is 0 Å². The number of hydrogen-bond acceptors (Lipinski definition) is 3. The predicted molar refractivity (Wildman–Crippen MR) is 140 cm³/mol. The molecule has 0 amide bonds. The Kier molecular flexibility index (Phi) is 9.47. The summed E-state index contributed by atoms with van der Waals surface area (Å²) in [7, 11) is 1.94. The Labute approximate surface area is 206 Å². The van der Waals surface area contributed by atoms with Crippen molar-refractivity contribution in [2.75, 3.05) is 53.0 Å². The summed E-state index contributed by atoms with van der Waals surface area (Å²) in [6, 6.07) is 11.1. The van der Waals surface area contributed by atoms with E-state index in [0.717, 1.165) is 51.6 Å². The van der Waals surface area contributed by atoms with Crippen LogP contribution in [0.3, 0.4) is 0 Å². The van der Waals surface area contributed by atoms with Crippen LogP contribution in [-0.2, 0) is 4.74 Å². The van der Waals surface area contributed by atoms with Gasteiger partial charge in [-0.05, 0) is 62.6 Å². The number of likely N-dealkylation sites (tertiary alicyclic amines) is 2. The number of guanidine groups is 1. The van der Waals surface area contributed by atoms with Crippen molar-refractivity contribution in [3.63, 3.8) is 0 Å². The second-order valence-corrected chi connectivity index (χ2v) is 9.35. The van der Waals surface area contributed by atoms with Crippen LogP contribution in [0.1, 0.15) is 56.9 Å². The van der Waals surface area contributed by atoms with Gasteiger partial charge in [0, 0.05) is 45.4 Å². The molecule has 0 spiro atoms. The van der Waals surface area contributed by atoms with E-state index in [1.807, 2.05) is 7.05 Å². The maximum Gasteiger partial charge on any atom is 0.193 e. The molecular formula is C25H41IN4O. The zero-order valence-electron chi connectivity index (χ0n) is 19.4. The van der Waals surface area contributed by atoms with Gasteiger partial charge in [0.05, 0.1) is 0 Å². The van der Waals surface area contributed by atoms with Crippen LogP contribution in [-0.4, -0.2) is 74.3 Å². The smallest absolute Gasteiger partial charge is 0.193 e. The first kappa shape index (κ1) is 24.8. The van der Waals surface area contributed by atoms with Crippen molar-refractivity contribution < 1.29 is 4.74 Å². The summed E-state index contributed by atoms with van der Waals surface area (Å²) in [4.78, 5) is 9.94. The topological polar surface area (TPSA) is 40.1 Å². The Hall–Kier alpha value is -0.860. The molecule has 31 heavy (non-hydrogen) atoms. The molecule has 1 N–H and O–H groups in total. The molecule has 1 aromatic rings. The zero-order valence-corrected chi connectivity index (χ0v) is 21.7. The Morgan fingerprint density at radius 2 is 1.84 bits per heavy atom. The third kappa shape index (κ3) is 5.74. The summed E-state index contributed by atoms with van der Waals surface area (Å²) in [5.41, 5.74) is 1.74. The second kappa shape index (κ2) is 11.8. The van der Waals surface area contributed by atoms with E-state index in [2.05, 4.69) is 52.4 Å². The molecule has 1 aromatic carbocycles. The highest BCUT2D eigenvalue weighted by atomic mass is 127. The normalized spacial score (nSPS) is 27.0. The fourth-order valence-corrected chi connectivity index (χ4v) is 5.90. The Balaban J connectivity index is 0.00000272. The lowest BCUT2D eigenvalue weighted by Crippen LogP contribution is -2.59. The maximum atomic E-state index is 5.72. The number of rotatable bonds is 5. The summed E-state index contributed by atoms with van der Waals surface area (Å²) in [5.74, 6) is 2.43. The molecular weight excluding hydrogens is 499 g/mol. The minimum absolute atomic E-state index is 0. The van der Waals surface area contributed by atoms with Gasteiger partial charge in [0.1, 0.15) is 0 Å². The monoisotopic (exact) mass is 540 g/mol. The molecule has 2 unspecified atom stereocenters. The number of ether oxygens (including phenoxy) is 1. The number of hydrogen-bond donors (Lipinski definition) is 1. The van der Waals surface area contributed by atoms with Gasteiger partial charge in [0.25, 0.3) is 0 Å². The quantitative estimate of drug-likeness (QED) is 0.343. The van der Waals surface area contributed by atoms with E-state index in [0.29, 0.717) is 11.8 Å². The summed E-state index contributed by atoms with van der Waals surface area (Å²) in [5, 5.41) is 3.80. The first-order valence-electron chi connectivity index (χ1n) is 12.1. The molecule has 5 nitrogen and oxygen atoms in total. The number of benzene rings is 1. The van der Waals surface area contributed by atoms with Crippen molar-refractivity contribution in [1.82, 2.24) is 15.1 Å². The lowest BCUT2D eigenvalue weighted by molar-refractivity contribution is -0.0167. The van der Waals surface area contributed by atoms with Gasteiger partial charge in [0.2, 0.25) is 0 Å². The molecule has 3 saturated heterocycles. The van der Waals surface area contributed by atoms with Crippen LogP contribution in [0.2, 0.25) is 0 Å². The molecule has 174 valence electrons. The summed E-state index contributed by atoms with van der Waals surface area (Å²) in [6.07, 6.45) is 7.34. The van der Waals surface area contributed by atoms with E-state index in [9.17, 15) is 0 Å². The van der Waals surface area contributed by atoms with Crippen LogP contribution in [0.15, 0.2) is 35.3 Å². The van der Waals surface area contributed by atoms with Gasteiger partial charge in [0.15, 0.2) is 5.96 Å². The third-order valence-corrected chi connectivity index (χ3v) is 7.77. The molecule has 3 fully saturated rings. The number of nitrogens with zero attached hydrogens (tertiary/aromatic N) is 3. The van der Waals surface area contributed by atoms with Gasteiger partial charge in [-0.2, -0.15) is 0 Å². The molecule has 3 aliphatic heterocycles. The first-order chi connectivity index (χ1) is 14.8. The highest BCUT2D eigenvalue weighted by Gasteiger charge is 2.40. The largest absolute Gasteiger partial charge is 0.381 e. The molecule has 4 rings (SSSR count). The van der Waals surface area contributed by atoms with E-state index in [4.69, 9.17) is 9.73 Å². The fourth-order valence-electron chi connectivity index (χ4n) is 5.90. The van der Waals surface area contributed by atoms with Gasteiger partial charge in [-0.3, -0.25) is 9.89 Å². The predicted octanol–water partition coefficient (Wildman–Crippen LogP) is 4.34. The van der Waals surface area contributed by atoms with Crippen LogP contribution in [0.25, 0.3) is 0 Å². The minimum Gasteiger partial charge on any atom is -0.381 e. The van der Waals surface area contributed by atoms with Crippen molar-refractivity contribution in [2.45, 2.75) is 56.9 Å². The molecule has 6 heteroatoms. The lowest BCUT2D eigenvalue weighted by atomic mass is 9.79. The molecule has 0 bridgehead atoms. The summed E-state index contributed by atoms with van der Waals surface area (Å²) >= 11 is 0. The first-order valence-corrected chi connectivity index (χ1v) is 12.1. The lowest BCUT2D eigenvalue weighted by Gasteiger charge is -2.46. The average Bonchev–Trinajstić information content (AvgIpc) is 3.36. The van der Waals surface area contributed by atoms with Gasteiger partial charge in [-0.15, -0.1) is 24.0 Å². The van der Waals surface area contributed by atoms with Gasteiger partial charge in [-0.1, -0.05) is 43.7 Å². The van der Waals surface area contributed by atoms with E-state index < -0.39 is 0 Å². The molecule has 3 aliphatic rings. The Bertz CT molecular complexity index is 686. The van der Waals surface area contributed by atoms with Crippen LogP contribution >= 0.6 is 24.0 Å². The number of halogens is 1. The van der Waals surface area contributed by atoms with E-state index >= 15 is 0 Å². The van der Waals surface area contributed by atoms with Gasteiger partial charge >= 0.3 is 0 Å². The number of aliphatic imine (C=N–C) groups is 1. The van der Waals surface area contributed by atoms with Gasteiger partial charge < -0.3 is 15.0 Å². The molecule has 0 radical (unpaired) electrons. The van der Waals surface area contributed by atoms with Crippen LogP contribution < -0.4 is 5.32 Å². The highest BCUT2D eigenvalue weighted by molar-refractivity contribution is 14.0. The number of piperidine rings is 1. The van der Waals surface area contributed by atoms with E-state index in [-0.39, 0.29) is 29.5 Å². The van der Waals surface area contributed by atoms with Crippen LogP contribution in [0.4, 0.5) is 0 Å². The van der Waals surface area contributed by atoms with Crippen molar-refractivity contribution in [3.05, 3.63) is 35.9 Å². The Morgan fingerprint density at radius 3 is 2.48 bits per heavy atom. The SMILES string of the molecule is CCC1CN(C(=NC)NCC2(N3CCCC3)CCOCC2)CCC1c1ccccc1.I. The summed E-state index contributed by atoms with van der Waals surface area (Å²) in [6.45, 7) is 9.74. The Morgan fingerprint density at radius 1 is 1.13 bits per heavy atom. The minimum atomic E-state index is 0. The molecule has 3 heterocycles. The standard InChI is InChI=1S/C25H40N4O.HI/c1-3-21-19-28(16-11-23(21)22-9-5-4-6-10-22)24(26-2)27-20-25(12-17-30-18-13-25)29-14-7-8-15-29;/h4-6,9-10,21,23H,3,7-8,11-20H2,1-2H3,(H,26,27);1H. The molecule has 0 aromatic heterocycles. The summed E-state index contributed by atoms with van der Waals surface area (Å²) < 4.78 is 5.72. The maximum absolute atomic E-state index is 5.72. The number of nitrogens with one attached hydrogen (secondary N) is 1. The van der Waals surface area contributed by atoms with Crippen molar-refractivity contribution in [2.24, 2.45) is 10.9 Å². The molecule has 0 saturated carbocycles.